The number of benzene rings is 1. The normalized spacial score (nSPS) is 12.7. The van der Waals surface area contributed by atoms with Gasteiger partial charge in [0.25, 0.3) is 0 Å². The molecule has 0 saturated carbocycles. The Morgan fingerprint density at radius 3 is 2.35 bits per heavy atom. The molecule has 1 aromatic rings. The van der Waals surface area contributed by atoms with Crippen LogP contribution in [0.25, 0.3) is 5.03 Å². The Morgan fingerprint density at radius 1 is 1.29 bits per heavy atom. The van der Waals surface area contributed by atoms with Crippen LogP contribution in [-0.2, 0) is 4.79 Å². The van der Waals surface area contributed by atoms with Crippen LogP contribution >= 0.6 is 34.2 Å². The molecule has 0 radical (unpaired) electrons. The summed E-state index contributed by atoms with van der Waals surface area (Å²) in [6, 6.07) is 7.94. The average molecular weight is 361 g/mol. The molecule has 0 unspecified atom stereocenters. The van der Waals surface area contributed by atoms with Crippen molar-refractivity contribution >= 4 is 45.0 Å². The van der Waals surface area contributed by atoms with Crippen LogP contribution in [0.5, 0.6) is 0 Å². The van der Waals surface area contributed by atoms with Gasteiger partial charge in [0, 0.05) is 8.60 Å². The van der Waals surface area contributed by atoms with Gasteiger partial charge in [-0.3, -0.25) is 4.79 Å². The third-order valence-electron chi connectivity index (χ3n) is 2.38. The molecule has 90 valence electrons. The molecule has 0 amide bonds. The average Bonchev–Trinajstić information content (AvgIpc) is 2.30. The first kappa shape index (κ1) is 14.5. The Kier molecular flexibility index (Phi) is 5.92. The number of allylic oxidation sites excluding steroid dienone is 3. The molecule has 17 heavy (non-hydrogen) atoms. The number of rotatable bonds is 4. The van der Waals surface area contributed by atoms with E-state index in [4.69, 9.17) is 11.6 Å². The molecular formula is C14H14ClIO. The van der Waals surface area contributed by atoms with Crippen LogP contribution in [0.1, 0.15) is 25.8 Å². The highest BCUT2D eigenvalue weighted by atomic mass is 127. The van der Waals surface area contributed by atoms with Crippen molar-refractivity contribution in [1.82, 2.24) is 0 Å². The Hall–Kier alpha value is -0.610. The van der Waals surface area contributed by atoms with Gasteiger partial charge in [-0.15, -0.1) is 0 Å². The summed E-state index contributed by atoms with van der Waals surface area (Å²) >= 11 is 8.41. The molecule has 0 aromatic heterocycles. The summed E-state index contributed by atoms with van der Waals surface area (Å²) in [5, 5.41) is 0.647. The van der Waals surface area contributed by atoms with E-state index in [0.29, 0.717) is 5.03 Å². The molecule has 0 atom stereocenters. The summed E-state index contributed by atoms with van der Waals surface area (Å²) in [5.41, 5.74) is 1.75. The molecule has 0 aliphatic carbocycles. The number of Topliss-reactive ketones (excluding diaryl/α,β-unsaturated/α-hetero) is 1. The molecule has 0 bridgehead atoms. The maximum atomic E-state index is 11.2. The molecule has 1 rings (SSSR count). The van der Waals surface area contributed by atoms with Crippen LogP contribution in [0, 0.1) is 3.57 Å². The fraction of sp³-hybridized carbons (Fsp3) is 0.214. The van der Waals surface area contributed by atoms with E-state index >= 15 is 0 Å². The highest BCUT2D eigenvalue weighted by Gasteiger charge is 2.00. The number of hydrogen-bond acceptors (Lipinski definition) is 1. The smallest absolute Gasteiger partial charge is 0.155 e. The standard InChI is InChI=1S/C14H14ClIO/c1-3-11(10(2)17)6-9-14(15)12-4-7-13(16)8-5-12/h4-9H,3H2,1-2H3. The molecule has 1 aromatic carbocycles. The van der Waals surface area contributed by atoms with Crippen LogP contribution in [0.3, 0.4) is 0 Å². The fourth-order valence-electron chi connectivity index (χ4n) is 1.36. The van der Waals surface area contributed by atoms with E-state index in [1.54, 1.807) is 19.1 Å². The maximum Gasteiger partial charge on any atom is 0.155 e. The maximum absolute atomic E-state index is 11.2. The summed E-state index contributed by atoms with van der Waals surface area (Å²) in [6.07, 6.45) is 4.30. The van der Waals surface area contributed by atoms with Crippen LogP contribution in [0.15, 0.2) is 42.0 Å². The minimum atomic E-state index is 0.0934. The fourth-order valence-corrected chi connectivity index (χ4v) is 1.91. The Bertz CT molecular complexity index is 458. The third kappa shape index (κ3) is 4.64. The van der Waals surface area contributed by atoms with Gasteiger partial charge < -0.3 is 0 Å². The van der Waals surface area contributed by atoms with Crippen LogP contribution in [0.4, 0.5) is 0 Å². The van der Waals surface area contributed by atoms with Gasteiger partial charge in [-0.25, -0.2) is 0 Å². The first-order chi connectivity index (χ1) is 8.04. The summed E-state index contributed by atoms with van der Waals surface area (Å²) in [6.45, 7) is 3.53. The van der Waals surface area contributed by atoms with Crippen LogP contribution in [-0.4, -0.2) is 5.78 Å². The largest absolute Gasteiger partial charge is 0.295 e. The van der Waals surface area contributed by atoms with E-state index in [1.165, 1.54) is 3.57 Å². The van der Waals surface area contributed by atoms with Crippen LogP contribution in [0.2, 0.25) is 0 Å². The summed E-state index contributed by atoms with van der Waals surface area (Å²) in [4.78, 5) is 11.2. The molecule has 0 aliphatic heterocycles. The van der Waals surface area contributed by atoms with Crippen molar-refractivity contribution < 1.29 is 4.79 Å². The van der Waals surface area contributed by atoms with Crippen molar-refractivity contribution in [1.29, 1.82) is 0 Å². The quantitative estimate of drug-likeness (QED) is 0.428. The zero-order valence-corrected chi connectivity index (χ0v) is 12.7. The highest BCUT2D eigenvalue weighted by Crippen LogP contribution is 2.20. The lowest BCUT2D eigenvalue weighted by molar-refractivity contribution is -0.113. The molecular weight excluding hydrogens is 347 g/mol. The van der Waals surface area contributed by atoms with E-state index < -0.39 is 0 Å². The van der Waals surface area contributed by atoms with Crippen molar-refractivity contribution in [3.8, 4) is 0 Å². The molecule has 0 spiro atoms. The van der Waals surface area contributed by atoms with Gasteiger partial charge >= 0.3 is 0 Å². The van der Waals surface area contributed by atoms with E-state index in [2.05, 4.69) is 22.6 Å². The lowest BCUT2D eigenvalue weighted by Crippen LogP contribution is -1.93. The number of hydrogen-bond donors (Lipinski definition) is 0. The Balaban J connectivity index is 2.93. The predicted octanol–water partition coefficient (Wildman–Crippen LogP) is 4.80. The second kappa shape index (κ2) is 6.97. The van der Waals surface area contributed by atoms with E-state index in [-0.39, 0.29) is 5.78 Å². The van der Waals surface area contributed by atoms with Crippen molar-refractivity contribution in [3.05, 3.63) is 51.1 Å². The van der Waals surface area contributed by atoms with E-state index in [1.807, 2.05) is 31.2 Å². The van der Waals surface area contributed by atoms with Gasteiger partial charge in [-0.05, 0) is 65.3 Å². The molecule has 0 N–H and O–H groups in total. The van der Waals surface area contributed by atoms with Crippen molar-refractivity contribution in [2.75, 3.05) is 0 Å². The minimum absolute atomic E-state index is 0.0934. The molecule has 0 saturated heterocycles. The molecule has 0 heterocycles. The van der Waals surface area contributed by atoms with Gasteiger partial charge in [0.1, 0.15) is 0 Å². The monoisotopic (exact) mass is 360 g/mol. The second-order valence-corrected chi connectivity index (χ2v) is 5.28. The lowest BCUT2D eigenvalue weighted by Gasteiger charge is -2.00. The summed E-state index contributed by atoms with van der Waals surface area (Å²) in [5.74, 6) is 0.0934. The van der Waals surface area contributed by atoms with Crippen molar-refractivity contribution in [3.63, 3.8) is 0 Å². The third-order valence-corrected chi connectivity index (χ3v) is 3.45. The summed E-state index contributed by atoms with van der Waals surface area (Å²) in [7, 11) is 0. The predicted molar refractivity (Wildman–Crippen MR) is 82.0 cm³/mol. The topological polar surface area (TPSA) is 17.1 Å². The number of carbonyl (C=O) groups excluding carboxylic acids is 1. The Morgan fingerprint density at radius 2 is 1.88 bits per heavy atom. The highest BCUT2D eigenvalue weighted by molar-refractivity contribution is 14.1. The second-order valence-electron chi connectivity index (χ2n) is 3.62. The molecule has 3 heteroatoms. The molecule has 0 fully saturated rings. The van der Waals surface area contributed by atoms with Gasteiger partial charge in [-0.1, -0.05) is 36.7 Å². The van der Waals surface area contributed by atoms with Crippen molar-refractivity contribution in [2.45, 2.75) is 20.3 Å². The number of ketones is 1. The number of halogens is 2. The first-order valence-corrected chi connectivity index (χ1v) is 6.83. The van der Waals surface area contributed by atoms with Gasteiger partial charge in [-0.2, -0.15) is 0 Å². The number of carbonyl (C=O) groups is 1. The molecule has 1 nitrogen and oxygen atoms in total. The zero-order valence-electron chi connectivity index (χ0n) is 9.84. The zero-order chi connectivity index (χ0) is 12.8. The summed E-state index contributed by atoms with van der Waals surface area (Å²) < 4.78 is 1.17. The SMILES string of the molecule is CCC(=CC=C(Cl)c1ccc(I)cc1)C(C)=O. The van der Waals surface area contributed by atoms with E-state index in [0.717, 1.165) is 17.6 Å². The minimum Gasteiger partial charge on any atom is -0.295 e. The van der Waals surface area contributed by atoms with Gasteiger partial charge in [0.15, 0.2) is 5.78 Å². The van der Waals surface area contributed by atoms with Crippen molar-refractivity contribution in [2.24, 2.45) is 0 Å². The molecule has 0 aliphatic rings. The first-order valence-electron chi connectivity index (χ1n) is 5.37. The van der Waals surface area contributed by atoms with E-state index in [9.17, 15) is 4.79 Å². The van der Waals surface area contributed by atoms with Crippen LogP contribution < -0.4 is 0 Å². The lowest BCUT2D eigenvalue weighted by atomic mass is 10.1. The van der Waals surface area contributed by atoms with Gasteiger partial charge in [0.05, 0.1) is 0 Å². The Labute approximate surface area is 121 Å². The van der Waals surface area contributed by atoms with Gasteiger partial charge in [0.2, 0.25) is 0 Å².